The van der Waals surface area contributed by atoms with Crippen LogP contribution in [0, 0.1) is 0 Å². The molecule has 0 radical (unpaired) electrons. The molecular weight excluding hydrogens is 352 g/mol. The fourth-order valence-electron chi connectivity index (χ4n) is 2.84. The third-order valence-electron chi connectivity index (χ3n) is 4.60. The van der Waals surface area contributed by atoms with E-state index in [9.17, 15) is 9.59 Å². The molecule has 0 heterocycles. The van der Waals surface area contributed by atoms with E-state index in [1.54, 1.807) is 0 Å². The molecule has 0 aliphatic carbocycles. The minimum Gasteiger partial charge on any atom is -0.483 e. The van der Waals surface area contributed by atoms with E-state index in [2.05, 4.69) is 24.5 Å². The first-order chi connectivity index (χ1) is 13.5. The van der Waals surface area contributed by atoms with Crippen molar-refractivity contribution < 1.29 is 14.3 Å². The molecule has 0 fully saturated rings. The summed E-state index contributed by atoms with van der Waals surface area (Å²) in [5, 5.41) is 5.72. The highest BCUT2D eigenvalue weighted by atomic mass is 16.5. The zero-order chi connectivity index (χ0) is 20.4. The van der Waals surface area contributed by atoms with Gasteiger partial charge in [-0.05, 0) is 48.1 Å². The van der Waals surface area contributed by atoms with Gasteiger partial charge in [-0.1, -0.05) is 51.1 Å². The number of carbonyl (C=O) groups is 2. The van der Waals surface area contributed by atoms with E-state index in [1.807, 2.05) is 55.5 Å². The van der Waals surface area contributed by atoms with E-state index in [0.29, 0.717) is 18.9 Å². The van der Waals surface area contributed by atoms with Gasteiger partial charge < -0.3 is 15.4 Å². The zero-order valence-electron chi connectivity index (χ0n) is 17.0. The maximum atomic E-state index is 12.2. The molecule has 150 valence electrons. The molecule has 0 aromatic heterocycles. The van der Waals surface area contributed by atoms with Crippen molar-refractivity contribution in [2.45, 2.75) is 52.5 Å². The van der Waals surface area contributed by atoms with E-state index in [1.165, 1.54) is 0 Å². The lowest BCUT2D eigenvalue weighted by Gasteiger charge is -2.15. The maximum absolute atomic E-state index is 12.2. The molecule has 0 bridgehead atoms. The molecule has 0 aliphatic rings. The number of para-hydroxylation sites is 1. The Morgan fingerprint density at radius 2 is 1.82 bits per heavy atom. The van der Waals surface area contributed by atoms with Gasteiger partial charge in [-0.15, -0.1) is 0 Å². The molecule has 2 N–H and O–H groups in total. The van der Waals surface area contributed by atoms with E-state index in [0.717, 1.165) is 35.4 Å². The quantitative estimate of drug-likeness (QED) is 0.629. The monoisotopic (exact) mass is 382 g/mol. The van der Waals surface area contributed by atoms with Crippen molar-refractivity contribution >= 4 is 17.5 Å². The summed E-state index contributed by atoms with van der Waals surface area (Å²) in [4.78, 5) is 23.9. The molecule has 0 aliphatic heterocycles. The first kappa shape index (κ1) is 21.5. The summed E-state index contributed by atoms with van der Waals surface area (Å²) in [6.45, 7) is 6.60. The summed E-state index contributed by atoms with van der Waals surface area (Å²) in [6.07, 6.45) is 2.32. The Kier molecular flexibility index (Phi) is 8.53. The second kappa shape index (κ2) is 11.1. The van der Waals surface area contributed by atoms with Crippen molar-refractivity contribution in [2.75, 3.05) is 11.9 Å². The standard InChI is InChI=1S/C23H30N2O3/c1-4-9-22(26)25-19-11-8-10-18(14-19)15-24-23(27)16-28-21-13-7-6-12-20(21)17(3)5-2/h6-8,10-14,17H,4-5,9,15-16H2,1-3H3,(H,24,27)(H,25,26). The van der Waals surface area contributed by atoms with Crippen LogP contribution in [-0.2, 0) is 16.1 Å². The Morgan fingerprint density at radius 3 is 2.57 bits per heavy atom. The first-order valence-corrected chi connectivity index (χ1v) is 9.90. The van der Waals surface area contributed by atoms with Crippen molar-refractivity contribution in [3.8, 4) is 5.75 Å². The van der Waals surface area contributed by atoms with Crippen molar-refractivity contribution in [2.24, 2.45) is 0 Å². The number of carbonyl (C=O) groups excluding carboxylic acids is 2. The SMILES string of the molecule is CCCC(=O)Nc1cccc(CNC(=O)COc2ccccc2C(C)CC)c1. The smallest absolute Gasteiger partial charge is 0.258 e. The van der Waals surface area contributed by atoms with Gasteiger partial charge >= 0.3 is 0 Å². The van der Waals surface area contributed by atoms with Crippen LogP contribution in [0.25, 0.3) is 0 Å². The van der Waals surface area contributed by atoms with E-state index >= 15 is 0 Å². The van der Waals surface area contributed by atoms with Gasteiger partial charge in [0.05, 0.1) is 0 Å². The highest BCUT2D eigenvalue weighted by molar-refractivity contribution is 5.90. The maximum Gasteiger partial charge on any atom is 0.258 e. The number of anilines is 1. The normalized spacial score (nSPS) is 11.5. The number of amides is 2. The number of benzene rings is 2. The highest BCUT2D eigenvalue weighted by Crippen LogP contribution is 2.28. The van der Waals surface area contributed by atoms with Gasteiger partial charge in [0, 0.05) is 18.7 Å². The molecule has 2 rings (SSSR count). The third-order valence-corrected chi connectivity index (χ3v) is 4.60. The third kappa shape index (κ3) is 6.72. The molecule has 0 saturated carbocycles. The lowest BCUT2D eigenvalue weighted by molar-refractivity contribution is -0.123. The van der Waals surface area contributed by atoms with E-state index in [-0.39, 0.29) is 18.4 Å². The first-order valence-electron chi connectivity index (χ1n) is 9.90. The predicted molar refractivity (Wildman–Crippen MR) is 112 cm³/mol. The molecular formula is C23H30N2O3. The average Bonchev–Trinajstić information content (AvgIpc) is 2.70. The fourth-order valence-corrected chi connectivity index (χ4v) is 2.84. The van der Waals surface area contributed by atoms with Crippen molar-refractivity contribution in [3.63, 3.8) is 0 Å². The summed E-state index contributed by atoms with van der Waals surface area (Å²) < 4.78 is 5.74. The highest BCUT2D eigenvalue weighted by Gasteiger charge is 2.11. The van der Waals surface area contributed by atoms with Gasteiger partial charge in [-0.2, -0.15) is 0 Å². The lowest BCUT2D eigenvalue weighted by Crippen LogP contribution is -2.28. The van der Waals surface area contributed by atoms with Gasteiger partial charge in [0.1, 0.15) is 5.75 Å². The number of ether oxygens (including phenoxy) is 1. The van der Waals surface area contributed by atoms with E-state index in [4.69, 9.17) is 4.74 Å². The van der Waals surface area contributed by atoms with Crippen LogP contribution >= 0.6 is 0 Å². The van der Waals surface area contributed by atoms with Gasteiger partial charge in [0.2, 0.25) is 5.91 Å². The summed E-state index contributed by atoms with van der Waals surface area (Å²) in [7, 11) is 0. The Hall–Kier alpha value is -2.82. The van der Waals surface area contributed by atoms with Crippen LogP contribution in [0.2, 0.25) is 0 Å². The number of rotatable bonds is 10. The molecule has 28 heavy (non-hydrogen) atoms. The zero-order valence-corrected chi connectivity index (χ0v) is 17.0. The van der Waals surface area contributed by atoms with Gasteiger partial charge in [0.25, 0.3) is 5.91 Å². The van der Waals surface area contributed by atoms with Crippen LogP contribution in [0.5, 0.6) is 5.75 Å². The summed E-state index contributed by atoms with van der Waals surface area (Å²) in [5.41, 5.74) is 2.78. The Bertz CT molecular complexity index is 789. The van der Waals surface area contributed by atoms with Crippen LogP contribution in [0.3, 0.4) is 0 Å². The molecule has 0 saturated heterocycles. The topological polar surface area (TPSA) is 67.4 Å². The number of nitrogens with one attached hydrogen (secondary N) is 2. The molecule has 5 heteroatoms. The Labute approximate surface area is 167 Å². The van der Waals surface area contributed by atoms with Crippen LogP contribution in [0.4, 0.5) is 5.69 Å². The molecule has 5 nitrogen and oxygen atoms in total. The molecule has 1 atom stereocenters. The molecule has 0 spiro atoms. The van der Waals surface area contributed by atoms with Crippen molar-refractivity contribution in [1.29, 1.82) is 0 Å². The number of hydrogen-bond donors (Lipinski definition) is 2. The average molecular weight is 383 g/mol. The lowest BCUT2D eigenvalue weighted by atomic mass is 9.98. The van der Waals surface area contributed by atoms with Crippen molar-refractivity contribution in [3.05, 3.63) is 59.7 Å². The fraction of sp³-hybridized carbons (Fsp3) is 0.391. The van der Waals surface area contributed by atoms with Gasteiger partial charge in [-0.3, -0.25) is 9.59 Å². The van der Waals surface area contributed by atoms with Crippen LogP contribution < -0.4 is 15.4 Å². The minimum atomic E-state index is -0.181. The molecule has 1 unspecified atom stereocenters. The summed E-state index contributed by atoms with van der Waals surface area (Å²) in [6, 6.07) is 15.3. The van der Waals surface area contributed by atoms with Gasteiger partial charge in [0.15, 0.2) is 6.61 Å². The minimum absolute atomic E-state index is 0.00272. The van der Waals surface area contributed by atoms with Crippen LogP contribution in [0.15, 0.2) is 48.5 Å². The second-order valence-corrected chi connectivity index (χ2v) is 6.91. The molecule has 2 amide bonds. The molecule has 2 aromatic carbocycles. The Morgan fingerprint density at radius 1 is 1.04 bits per heavy atom. The van der Waals surface area contributed by atoms with Crippen molar-refractivity contribution in [1.82, 2.24) is 5.32 Å². The Balaban J connectivity index is 1.86. The predicted octanol–water partition coefficient (Wildman–Crippen LogP) is 4.63. The van der Waals surface area contributed by atoms with E-state index < -0.39 is 0 Å². The number of hydrogen-bond acceptors (Lipinski definition) is 3. The summed E-state index contributed by atoms with van der Waals surface area (Å²) in [5.74, 6) is 0.953. The summed E-state index contributed by atoms with van der Waals surface area (Å²) >= 11 is 0. The molecule has 2 aromatic rings. The van der Waals surface area contributed by atoms with Crippen LogP contribution in [0.1, 0.15) is 57.1 Å². The van der Waals surface area contributed by atoms with Gasteiger partial charge in [-0.25, -0.2) is 0 Å². The second-order valence-electron chi connectivity index (χ2n) is 6.91. The largest absolute Gasteiger partial charge is 0.483 e. The van der Waals surface area contributed by atoms with Crippen LogP contribution in [-0.4, -0.2) is 18.4 Å².